The fraction of sp³-hybridized carbons (Fsp3) is 0.320. The van der Waals surface area contributed by atoms with Crippen LogP contribution in [0.25, 0.3) is 11.3 Å². The zero-order valence-electron chi connectivity index (χ0n) is 18.2. The van der Waals surface area contributed by atoms with Crippen LogP contribution in [0.3, 0.4) is 0 Å². The van der Waals surface area contributed by atoms with Gasteiger partial charge in [0.25, 0.3) is 0 Å². The molecule has 0 bridgehead atoms. The van der Waals surface area contributed by atoms with E-state index in [0.717, 1.165) is 58.9 Å². The lowest BCUT2D eigenvalue weighted by Crippen LogP contribution is -2.30. The average molecular weight is 448 g/mol. The Kier molecular flexibility index (Phi) is 5.43. The first-order valence-electron chi connectivity index (χ1n) is 10.9. The van der Waals surface area contributed by atoms with Gasteiger partial charge in [0.1, 0.15) is 5.75 Å². The van der Waals surface area contributed by atoms with Crippen molar-refractivity contribution < 1.29 is 14.3 Å². The van der Waals surface area contributed by atoms with Crippen molar-refractivity contribution in [1.82, 2.24) is 4.98 Å². The molecule has 2 aliphatic rings. The number of fused-ring (bicyclic) bond motifs is 1. The lowest BCUT2D eigenvalue weighted by atomic mass is 10.1. The average Bonchev–Trinajstić information content (AvgIpc) is 3.46. The number of ether oxygens (including phenoxy) is 1. The Morgan fingerprint density at radius 2 is 1.97 bits per heavy atom. The van der Waals surface area contributed by atoms with Crippen LogP contribution < -0.4 is 15.0 Å². The summed E-state index contributed by atoms with van der Waals surface area (Å²) in [6.07, 6.45) is 3.19. The summed E-state index contributed by atoms with van der Waals surface area (Å²) in [5, 5.41) is 3.53. The van der Waals surface area contributed by atoms with E-state index in [1.54, 1.807) is 7.11 Å². The summed E-state index contributed by atoms with van der Waals surface area (Å²) in [6.45, 7) is 2.78. The number of aromatic nitrogens is 1. The molecule has 0 atom stereocenters. The number of methoxy groups -OCH3 is 1. The molecule has 1 saturated carbocycles. The fourth-order valence-electron chi connectivity index (χ4n) is 4.14. The second-order valence-corrected chi connectivity index (χ2v) is 9.56. The smallest absolute Gasteiger partial charge is 0.230 e. The molecule has 1 fully saturated rings. The number of hydrogen-bond acceptors (Lipinski definition) is 5. The van der Waals surface area contributed by atoms with Gasteiger partial charge in [-0.05, 0) is 61.6 Å². The van der Waals surface area contributed by atoms with Gasteiger partial charge in [-0.1, -0.05) is 18.2 Å². The molecule has 0 radical (unpaired) electrons. The number of carbonyl (C=O) groups excluding carboxylic acids is 2. The molecule has 0 unspecified atom stereocenters. The highest BCUT2D eigenvalue weighted by Gasteiger charge is 2.36. The first-order valence-corrected chi connectivity index (χ1v) is 11.7. The molecule has 32 heavy (non-hydrogen) atoms. The molecule has 1 aliphatic heterocycles. The lowest BCUT2D eigenvalue weighted by Gasteiger charge is -2.17. The van der Waals surface area contributed by atoms with Crippen molar-refractivity contribution in [1.29, 1.82) is 0 Å². The molecular formula is C25H25N3O3S. The third-order valence-electron chi connectivity index (χ3n) is 6.01. The number of carbonyl (C=O) groups is 2. The highest BCUT2D eigenvalue weighted by Crippen LogP contribution is 2.39. The Labute approximate surface area is 191 Å². The van der Waals surface area contributed by atoms with Crippen LogP contribution in [0, 0.1) is 12.8 Å². The summed E-state index contributed by atoms with van der Waals surface area (Å²) in [5.41, 5.74) is 5.04. The van der Waals surface area contributed by atoms with Crippen LogP contribution in [0.2, 0.25) is 0 Å². The molecular weight excluding hydrogens is 422 g/mol. The molecule has 5 rings (SSSR count). The summed E-state index contributed by atoms with van der Waals surface area (Å²) >= 11 is 1.48. The second-order valence-electron chi connectivity index (χ2n) is 8.35. The van der Waals surface area contributed by atoms with Gasteiger partial charge in [-0.25, -0.2) is 4.98 Å². The number of thiazole rings is 1. The minimum absolute atomic E-state index is 0.0985. The van der Waals surface area contributed by atoms with Crippen molar-refractivity contribution in [2.24, 2.45) is 5.92 Å². The van der Waals surface area contributed by atoms with Crippen molar-refractivity contribution >= 4 is 34.0 Å². The fourth-order valence-corrected chi connectivity index (χ4v) is 4.99. The molecule has 1 aliphatic carbocycles. The third-order valence-corrected chi connectivity index (χ3v) is 6.89. The van der Waals surface area contributed by atoms with Gasteiger partial charge in [-0.3, -0.25) is 9.59 Å². The van der Waals surface area contributed by atoms with E-state index in [9.17, 15) is 9.59 Å². The van der Waals surface area contributed by atoms with Crippen molar-refractivity contribution in [3.63, 3.8) is 0 Å². The Morgan fingerprint density at radius 1 is 1.19 bits per heavy atom. The third kappa shape index (κ3) is 4.12. The van der Waals surface area contributed by atoms with E-state index in [1.165, 1.54) is 16.9 Å². The summed E-state index contributed by atoms with van der Waals surface area (Å²) in [6, 6.07) is 13.7. The van der Waals surface area contributed by atoms with Gasteiger partial charge in [0.2, 0.25) is 11.8 Å². The molecule has 1 N–H and O–H groups in total. The molecule has 3 aromatic rings. The number of anilines is 2. The molecule has 6 nitrogen and oxygen atoms in total. The van der Waals surface area contributed by atoms with Crippen LogP contribution in [-0.2, 0) is 22.4 Å². The zero-order chi connectivity index (χ0) is 22.2. The van der Waals surface area contributed by atoms with Crippen LogP contribution in [0.4, 0.5) is 10.8 Å². The topological polar surface area (TPSA) is 71.5 Å². The SMILES string of the molecule is COc1ccc(CC(=O)Nc2nc(-c3ccc4c(c3)CCN4C(=O)C3CC3)c(C)s2)cc1. The first kappa shape index (κ1) is 20.7. The molecule has 164 valence electrons. The van der Waals surface area contributed by atoms with Crippen LogP contribution in [-0.4, -0.2) is 30.5 Å². The lowest BCUT2D eigenvalue weighted by molar-refractivity contribution is -0.119. The number of aryl methyl sites for hydroxylation is 1. The Morgan fingerprint density at radius 3 is 2.69 bits per heavy atom. The molecule has 0 spiro atoms. The second kappa shape index (κ2) is 8.39. The van der Waals surface area contributed by atoms with Crippen LogP contribution in [0.1, 0.15) is 28.8 Å². The molecule has 2 aromatic carbocycles. The van der Waals surface area contributed by atoms with E-state index >= 15 is 0 Å². The maximum atomic E-state index is 12.5. The molecule has 7 heteroatoms. The van der Waals surface area contributed by atoms with E-state index in [2.05, 4.69) is 11.4 Å². The molecule has 2 amide bonds. The quantitative estimate of drug-likeness (QED) is 0.599. The monoisotopic (exact) mass is 447 g/mol. The van der Waals surface area contributed by atoms with Gasteiger partial charge >= 0.3 is 0 Å². The Balaban J connectivity index is 1.29. The van der Waals surface area contributed by atoms with Crippen molar-refractivity contribution in [2.45, 2.75) is 32.6 Å². The van der Waals surface area contributed by atoms with E-state index in [1.807, 2.05) is 48.2 Å². The number of nitrogens with zero attached hydrogens (tertiary/aromatic N) is 2. The number of nitrogens with one attached hydrogen (secondary N) is 1. The largest absolute Gasteiger partial charge is 0.497 e. The van der Waals surface area contributed by atoms with Crippen LogP contribution in [0.5, 0.6) is 5.75 Å². The number of amides is 2. The van der Waals surface area contributed by atoms with E-state index < -0.39 is 0 Å². The highest BCUT2D eigenvalue weighted by atomic mass is 32.1. The summed E-state index contributed by atoms with van der Waals surface area (Å²) < 4.78 is 5.16. The van der Waals surface area contributed by atoms with E-state index in [-0.39, 0.29) is 24.2 Å². The highest BCUT2D eigenvalue weighted by molar-refractivity contribution is 7.16. The molecule has 0 saturated heterocycles. The number of hydrogen-bond donors (Lipinski definition) is 1. The summed E-state index contributed by atoms with van der Waals surface area (Å²) in [5.74, 6) is 1.16. The van der Waals surface area contributed by atoms with Crippen LogP contribution >= 0.6 is 11.3 Å². The maximum Gasteiger partial charge on any atom is 0.230 e. The standard InChI is InChI=1S/C25H25N3O3S/c1-15-23(19-7-10-21-18(14-19)11-12-28(21)24(30)17-5-6-17)27-25(32-15)26-22(29)13-16-3-8-20(31-2)9-4-16/h3-4,7-10,14,17H,5-6,11-13H2,1-2H3,(H,26,27,29). The van der Waals surface area contributed by atoms with E-state index in [4.69, 9.17) is 9.72 Å². The summed E-state index contributed by atoms with van der Waals surface area (Å²) in [7, 11) is 1.62. The van der Waals surface area contributed by atoms with Crippen molar-refractivity contribution in [2.75, 3.05) is 23.9 Å². The van der Waals surface area contributed by atoms with Crippen LogP contribution in [0.15, 0.2) is 42.5 Å². The number of benzene rings is 2. The minimum atomic E-state index is -0.0985. The Hall–Kier alpha value is -3.19. The van der Waals surface area contributed by atoms with Gasteiger partial charge in [0.05, 0.1) is 19.2 Å². The predicted octanol–water partition coefficient (Wildman–Crippen LogP) is 4.61. The number of rotatable bonds is 6. The van der Waals surface area contributed by atoms with Gasteiger partial charge in [-0.15, -0.1) is 11.3 Å². The maximum absolute atomic E-state index is 12.5. The van der Waals surface area contributed by atoms with Crippen molar-refractivity contribution in [3.8, 4) is 17.0 Å². The first-order chi connectivity index (χ1) is 15.5. The predicted molar refractivity (Wildman–Crippen MR) is 126 cm³/mol. The molecule has 2 heterocycles. The van der Waals surface area contributed by atoms with Gasteiger partial charge < -0.3 is 15.0 Å². The van der Waals surface area contributed by atoms with Gasteiger partial charge in [0.15, 0.2) is 5.13 Å². The summed E-state index contributed by atoms with van der Waals surface area (Å²) in [4.78, 5) is 32.7. The minimum Gasteiger partial charge on any atom is -0.497 e. The Bertz CT molecular complexity index is 1180. The van der Waals surface area contributed by atoms with Gasteiger partial charge in [-0.2, -0.15) is 0 Å². The van der Waals surface area contributed by atoms with Gasteiger partial charge in [0, 0.05) is 28.6 Å². The molecule has 1 aromatic heterocycles. The van der Waals surface area contributed by atoms with E-state index in [0.29, 0.717) is 5.13 Å². The van der Waals surface area contributed by atoms with Crippen molar-refractivity contribution in [3.05, 3.63) is 58.5 Å². The normalized spacial score (nSPS) is 14.9. The zero-order valence-corrected chi connectivity index (χ0v) is 19.0.